The van der Waals surface area contributed by atoms with E-state index in [0.29, 0.717) is 12.1 Å². The molecular weight excluding hydrogens is 358 g/mol. The Balaban J connectivity index is 1.79. The van der Waals surface area contributed by atoms with Crippen molar-refractivity contribution < 1.29 is 9.53 Å². The first-order valence-electron chi connectivity index (χ1n) is 7.45. The highest BCUT2D eigenvalue weighted by atomic mass is 79.9. The lowest BCUT2D eigenvalue weighted by molar-refractivity contribution is 0.0401. The first kappa shape index (κ1) is 15.9. The molecule has 5 nitrogen and oxygen atoms in total. The average molecular weight is 376 g/mol. The van der Waals surface area contributed by atoms with E-state index in [-0.39, 0.29) is 17.1 Å². The van der Waals surface area contributed by atoms with Crippen LogP contribution in [0.25, 0.3) is 10.9 Å². The second-order valence-corrected chi connectivity index (χ2v) is 7.59. The third-order valence-corrected chi connectivity index (χ3v) is 4.80. The third kappa shape index (κ3) is 3.06. The van der Waals surface area contributed by atoms with Crippen LogP contribution in [0, 0.1) is 11.3 Å². The highest BCUT2D eigenvalue weighted by molar-refractivity contribution is 9.09. The number of nitrogens with zero attached hydrogens (tertiary/aromatic N) is 3. The van der Waals surface area contributed by atoms with E-state index in [1.807, 2.05) is 55.8 Å². The zero-order chi connectivity index (χ0) is 16.8. The van der Waals surface area contributed by atoms with E-state index < -0.39 is 5.60 Å². The lowest BCUT2D eigenvalue weighted by atomic mass is 10.2. The van der Waals surface area contributed by atoms with Crippen LogP contribution in [0.4, 0.5) is 4.79 Å². The van der Waals surface area contributed by atoms with Crippen molar-refractivity contribution in [2.75, 3.05) is 0 Å². The number of benzene rings is 1. The number of para-hydroxylation sites is 1. The monoisotopic (exact) mass is 375 g/mol. The van der Waals surface area contributed by atoms with Crippen molar-refractivity contribution in [1.82, 2.24) is 9.47 Å². The molecule has 0 unspecified atom stereocenters. The molecule has 2 heterocycles. The second-order valence-electron chi connectivity index (χ2n) is 6.65. The molecule has 0 bridgehead atoms. The molecule has 1 aliphatic rings. The molecule has 120 valence electrons. The largest absolute Gasteiger partial charge is 0.444 e. The minimum Gasteiger partial charge on any atom is -0.444 e. The molecule has 0 radical (unpaired) electrons. The summed E-state index contributed by atoms with van der Waals surface area (Å²) in [6.07, 6.45) is 1.53. The number of alkyl halides is 1. The highest BCUT2D eigenvalue weighted by Crippen LogP contribution is 2.37. The molecule has 23 heavy (non-hydrogen) atoms. The van der Waals surface area contributed by atoms with Gasteiger partial charge in [-0.1, -0.05) is 34.1 Å². The Morgan fingerprint density at radius 1 is 1.39 bits per heavy atom. The number of carbonyl (C=O) groups is 1. The van der Waals surface area contributed by atoms with E-state index in [9.17, 15) is 10.1 Å². The average Bonchev–Trinajstić information content (AvgIpc) is 2.97. The van der Waals surface area contributed by atoms with Gasteiger partial charge in [-0.05, 0) is 26.8 Å². The Bertz CT molecular complexity index is 800. The molecule has 1 amide bonds. The normalized spacial score (nSPS) is 20.4. The summed E-state index contributed by atoms with van der Waals surface area (Å²) < 4.78 is 7.43. The van der Waals surface area contributed by atoms with Gasteiger partial charge in [0.05, 0.1) is 11.6 Å². The lowest BCUT2D eigenvalue weighted by Gasteiger charge is -2.20. The van der Waals surface area contributed by atoms with Crippen molar-refractivity contribution in [3.8, 4) is 6.07 Å². The number of fused-ring (bicyclic) bond motifs is 1. The van der Waals surface area contributed by atoms with Crippen molar-refractivity contribution in [2.24, 2.45) is 0 Å². The van der Waals surface area contributed by atoms with Crippen LogP contribution in [0.15, 0.2) is 30.5 Å². The number of rotatable bonds is 2. The number of hydrogen-bond acceptors (Lipinski definition) is 3. The minimum absolute atomic E-state index is 0.0206. The van der Waals surface area contributed by atoms with Gasteiger partial charge in [0.1, 0.15) is 16.6 Å². The van der Waals surface area contributed by atoms with E-state index in [1.54, 1.807) is 4.90 Å². The SMILES string of the molecule is CC(C)(C)OC(=O)N1[C@H](Br)[C@@H]1Cn1cc(C#N)c2ccccc21. The maximum atomic E-state index is 12.2. The summed E-state index contributed by atoms with van der Waals surface area (Å²) in [5.41, 5.74) is 1.14. The molecule has 3 rings (SSSR count). The first-order chi connectivity index (χ1) is 10.8. The maximum absolute atomic E-state index is 12.2. The number of halogens is 1. The van der Waals surface area contributed by atoms with E-state index in [1.165, 1.54) is 0 Å². The highest BCUT2D eigenvalue weighted by Gasteiger charge is 2.51. The molecule has 0 N–H and O–H groups in total. The smallest absolute Gasteiger partial charge is 0.411 e. The van der Waals surface area contributed by atoms with Crippen LogP contribution in [0.1, 0.15) is 26.3 Å². The van der Waals surface area contributed by atoms with Gasteiger partial charge in [0, 0.05) is 23.6 Å². The Hall–Kier alpha value is -2.00. The van der Waals surface area contributed by atoms with Crippen LogP contribution in [0.3, 0.4) is 0 Å². The Kier molecular flexibility index (Phi) is 3.85. The third-order valence-electron chi connectivity index (χ3n) is 3.75. The van der Waals surface area contributed by atoms with Crippen molar-refractivity contribution in [3.63, 3.8) is 0 Å². The van der Waals surface area contributed by atoms with Crippen molar-refractivity contribution in [3.05, 3.63) is 36.0 Å². The lowest BCUT2D eigenvalue weighted by Crippen LogP contribution is -2.28. The van der Waals surface area contributed by atoms with Gasteiger partial charge in [0.15, 0.2) is 0 Å². The molecule has 1 fully saturated rings. The Morgan fingerprint density at radius 3 is 2.74 bits per heavy atom. The van der Waals surface area contributed by atoms with Crippen LogP contribution >= 0.6 is 15.9 Å². The van der Waals surface area contributed by atoms with Gasteiger partial charge < -0.3 is 9.30 Å². The fourth-order valence-electron chi connectivity index (χ4n) is 2.66. The summed E-state index contributed by atoms with van der Waals surface area (Å²) in [6, 6.07) is 10.0. The molecule has 2 aromatic rings. The number of amides is 1. The summed E-state index contributed by atoms with van der Waals surface area (Å²) in [4.78, 5) is 13.8. The Labute approximate surface area is 143 Å². The molecule has 1 aliphatic heterocycles. The number of carbonyl (C=O) groups excluding carboxylic acids is 1. The summed E-state index contributed by atoms with van der Waals surface area (Å²) in [5.74, 6) is 0. The fraction of sp³-hybridized carbons (Fsp3) is 0.412. The molecule has 0 saturated carbocycles. The molecule has 0 aliphatic carbocycles. The van der Waals surface area contributed by atoms with Gasteiger partial charge in [0.25, 0.3) is 0 Å². The van der Waals surface area contributed by atoms with Crippen LogP contribution < -0.4 is 0 Å². The van der Waals surface area contributed by atoms with Crippen LogP contribution in [-0.4, -0.2) is 32.2 Å². The van der Waals surface area contributed by atoms with Crippen molar-refractivity contribution in [2.45, 2.75) is 43.9 Å². The zero-order valence-corrected chi connectivity index (χ0v) is 14.9. The van der Waals surface area contributed by atoms with Gasteiger partial charge in [-0.2, -0.15) is 5.26 Å². The van der Waals surface area contributed by atoms with E-state index in [0.717, 1.165) is 10.9 Å². The number of hydrogen-bond donors (Lipinski definition) is 0. The van der Waals surface area contributed by atoms with Gasteiger partial charge in [0.2, 0.25) is 0 Å². The van der Waals surface area contributed by atoms with Gasteiger partial charge in [-0.3, -0.25) is 4.90 Å². The minimum atomic E-state index is -0.509. The van der Waals surface area contributed by atoms with Gasteiger partial charge in [-0.25, -0.2) is 4.79 Å². The molecular formula is C17H18BrN3O2. The van der Waals surface area contributed by atoms with Crippen LogP contribution in [-0.2, 0) is 11.3 Å². The second kappa shape index (κ2) is 5.57. The Morgan fingerprint density at radius 2 is 2.09 bits per heavy atom. The summed E-state index contributed by atoms with van der Waals surface area (Å²) in [5, 5.41) is 10.2. The predicted molar refractivity (Wildman–Crippen MR) is 91.2 cm³/mol. The van der Waals surface area contributed by atoms with E-state index >= 15 is 0 Å². The summed E-state index contributed by atoms with van der Waals surface area (Å²) >= 11 is 3.52. The number of nitriles is 1. The van der Waals surface area contributed by atoms with Gasteiger partial charge >= 0.3 is 6.09 Å². The molecule has 2 atom stereocenters. The summed E-state index contributed by atoms with van der Waals surface area (Å²) in [6.45, 7) is 6.18. The topological polar surface area (TPSA) is 58.0 Å². The molecule has 6 heteroatoms. The van der Waals surface area contributed by atoms with Crippen LogP contribution in [0.2, 0.25) is 0 Å². The summed E-state index contributed by atoms with van der Waals surface area (Å²) in [7, 11) is 0. The van der Waals surface area contributed by atoms with Crippen molar-refractivity contribution >= 4 is 32.9 Å². The van der Waals surface area contributed by atoms with Crippen molar-refractivity contribution in [1.29, 1.82) is 5.26 Å². The van der Waals surface area contributed by atoms with E-state index in [4.69, 9.17) is 4.74 Å². The predicted octanol–water partition coefficient (Wildman–Crippen LogP) is 3.85. The van der Waals surface area contributed by atoms with Gasteiger partial charge in [-0.15, -0.1) is 0 Å². The first-order valence-corrected chi connectivity index (χ1v) is 8.37. The molecule has 1 saturated heterocycles. The van der Waals surface area contributed by atoms with E-state index in [2.05, 4.69) is 22.0 Å². The number of aromatic nitrogens is 1. The fourth-order valence-corrected chi connectivity index (χ4v) is 3.42. The van der Waals surface area contributed by atoms with Crippen LogP contribution in [0.5, 0.6) is 0 Å². The molecule has 1 aromatic carbocycles. The number of ether oxygens (including phenoxy) is 1. The molecule has 1 aromatic heterocycles. The zero-order valence-electron chi connectivity index (χ0n) is 13.3. The standard InChI is InChI=1S/C17H18BrN3O2/c1-17(2,3)23-16(22)21-14(15(21)18)10-20-9-11(8-19)12-6-4-5-7-13(12)20/h4-7,9,14-15H,10H2,1-3H3/t14-,15-,21?/m0/s1. The maximum Gasteiger partial charge on any atom is 0.411 e. The molecule has 0 spiro atoms. The quantitative estimate of drug-likeness (QED) is 0.455.